The van der Waals surface area contributed by atoms with E-state index in [1.807, 2.05) is 31.2 Å². The highest BCUT2D eigenvalue weighted by Crippen LogP contribution is 2.22. The number of amides is 2. The van der Waals surface area contributed by atoms with Crippen LogP contribution in [0.3, 0.4) is 0 Å². The smallest absolute Gasteiger partial charge is 0.323 e. The normalized spacial score (nSPS) is 19.1. The Labute approximate surface area is 142 Å². The summed E-state index contributed by atoms with van der Waals surface area (Å²) < 4.78 is 1.74. The molecule has 1 aliphatic rings. The molecule has 2 aromatic rings. The van der Waals surface area contributed by atoms with Gasteiger partial charge in [-0.2, -0.15) is 5.10 Å². The number of aryl methyl sites for hydroxylation is 1. The number of aliphatic hydroxyl groups excluding tert-OH is 1. The van der Waals surface area contributed by atoms with Crippen LogP contribution >= 0.6 is 0 Å². The Morgan fingerprint density at radius 1 is 1.38 bits per heavy atom. The maximum Gasteiger partial charge on any atom is 0.323 e. The third kappa shape index (κ3) is 3.43. The predicted octanol–water partition coefficient (Wildman–Crippen LogP) is 2.81. The van der Waals surface area contributed by atoms with Gasteiger partial charge in [-0.15, -0.1) is 0 Å². The van der Waals surface area contributed by atoms with E-state index in [2.05, 4.69) is 10.4 Å². The van der Waals surface area contributed by atoms with Crippen molar-refractivity contribution in [1.82, 2.24) is 14.7 Å². The average Bonchev–Trinajstić information content (AvgIpc) is 3.03. The van der Waals surface area contributed by atoms with Crippen molar-refractivity contribution in [2.75, 3.05) is 18.4 Å². The van der Waals surface area contributed by atoms with Gasteiger partial charge in [0.1, 0.15) is 5.82 Å². The zero-order chi connectivity index (χ0) is 17.1. The Balaban J connectivity index is 1.74. The Morgan fingerprint density at radius 3 is 2.92 bits per heavy atom. The molecule has 2 unspecified atom stereocenters. The molecule has 2 heterocycles. The van der Waals surface area contributed by atoms with Crippen LogP contribution in [0.2, 0.25) is 0 Å². The number of para-hydroxylation sites is 1. The third-order valence-electron chi connectivity index (χ3n) is 4.65. The number of aromatic nitrogens is 2. The lowest BCUT2D eigenvalue weighted by Gasteiger charge is -2.34. The lowest BCUT2D eigenvalue weighted by atomic mass is 9.94. The Bertz CT molecular complexity index is 711. The fourth-order valence-corrected chi connectivity index (χ4v) is 3.17. The van der Waals surface area contributed by atoms with Crippen molar-refractivity contribution in [3.8, 4) is 5.69 Å². The van der Waals surface area contributed by atoms with E-state index in [0.717, 1.165) is 24.1 Å². The lowest BCUT2D eigenvalue weighted by molar-refractivity contribution is 0.0765. The van der Waals surface area contributed by atoms with Crippen LogP contribution in [0.25, 0.3) is 5.69 Å². The molecule has 0 radical (unpaired) electrons. The number of anilines is 1. The number of rotatable bonds is 3. The van der Waals surface area contributed by atoms with E-state index >= 15 is 0 Å². The zero-order valence-electron chi connectivity index (χ0n) is 14.1. The first-order valence-electron chi connectivity index (χ1n) is 8.40. The molecule has 1 fully saturated rings. The first-order chi connectivity index (χ1) is 11.6. The van der Waals surface area contributed by atoms with Gasteiger partial charge in [0.15, 0.2) is 0 Å². The van der Waals surface area contributed by atoms with E-state index in [1.54, 1.807) is 28.8 Å². The minimum absolute atomic E-state index is 0.143. The van der Waals surface area contributed by atoms with Gasteiger partial charge >= 0.3 is 6.03 Å². The van der Waals surface area contributed by atoms with E-state index in [1.165, 1.54) is 0 Å². The highest BCUT2D eigenvalue weighted by molar-refractivity contribution is 5.88. The Kier molecular flexibility index (Phi) is 4.85. The molecule has 2 amide bonds. The summed E-state index contributed by atoms with van der Waals surface area (Å²) in [4.78, 5) is 14.4. The minimum atomic E-state index is -0.391. The third-order valence-corrected chi connectivity index (χ3v) is 4.65. The number of aliphatic hydroxyl groups is 1. The van der Waals surface area contributed by atoms with E-state index < -0.39 is 6.10 Å². The molecule has 1 saturated heterocycles. The van der Waals surface area contributed by atoms with Gasteiger partial charge < -0.3 is 10.0 Å². The van der Waals surface area contributed by atoms with Crippen molar-refractivity contribution in [2.24, 2.45) is 5.92 Å². The summed E-state index contributed by atoms with van der Waals surface area (Å²) in [6, 6.07) is 9.57. The van der Waals surface area contributed by atoms with Gasteiger partial charge in [-0.25, -0.2) is 9.48 Å². The number of hydrogen-bond acceptors (Lipinski definition) is 3. The van der Waals surface area contributed by atoms with E-state index in [-0.39, 0.29) is 11.9 Å². The number of nitrogens with zero attached hydrogens (tertiary/aromatic N) is 3. The highest BCUT2D eigenvalue weighted by atomic mass is 16.3. The molecule has 0 saturated carbocycles. The molecule has 2 N–H and O–H groups in total. The first kappa shape index (κ1) is 16.5. The summed E-state index contributed by atoms with van der Waals surface area (Å²) in [5, 5.41) is 17.1. The molecule has 0 aliphatic carbocycles. The quantitative estimate of drug-likeness (QED) is 0.910. The minimum Gasteiger partial charge on any atom is -0.393 e. The Hall–Kier alpha value is -2.34. The summed E-state index contributed by atoms with van der Waals surface area (Å²) >= 11 is 0. The maximum atomic E-state index is 12.6. The van der Waals surface area contributed by atoms with Gasteiger partial charge in [0.05, 0.1) is 18.0 Å². The number of urea groups is 1. The summed E-state index contributed by atoms with van der Waals surface area (Å²) in [6.45, 7) is 5.11. The molecule has 2 atom stereocenters. The van der Waals surface area contributed by atoms with Crippen LogP contribution in [0, 0.1) is 12.8 Å². The number of hydrogen-bond donors (Lipinski definition) is 2. The van der Waals surface area contributed by atoms with Crippen molar-refractivity contribution in [2.45, 2.75) is 32.8 Å². The molecule has 0 bridgehead atoms. The molecule has 1 aromatic carbocycles. The summed E-state index contributed by atoms with van der Waals surface area (Å²) in [5.41, 5.74) is 2.03. The van der Waals surface area contributed by atoms with Crippen LogP contribution in [0.5, 0.6) is 0 Å². The van der Waals surface area contributed by atoms with Gasteiger partial charge in [-0.3, -0.25) is 5.32 Å². The fourth-order valence-electron chi connectivity index (χ4n) is 3.17. The van der Waals surface area contributed by atoms with Crippen molar-refractivity contribution >= 4 is 11.8 Å². The van der Waals surface area contributed by atoms with Gasteiger partial charge in [0.2, 0.25) is 0 Å². The monoisotopic (exact) mass is 328 g/mol. The van der Waals surface area contributed by atoms with Gasteiger partial charge in [-0.1, -0.05) is 18.2 Å². The van der Waals surface area contributed by atoms with Crippen molar-refractivity contribution in [1.29, 1.82) is 0 Å². The van der Waals surface area contributed by atoms with E-state index in [4.69, 9.17) is 0 Å². The van der Waals surface area contributed by atoms with Crippen LogP contribution in [0.1, 0.15) is 25.3 Å². The maximum absolute atomic E-state index is 12.6. The van der Waals surface area contributed by atoms with Crippen LogP contribution in [0.4, 0.5) is 10.6 Å². The molecule has 1 aliphatic heterocycles. The molecule has 24 heavy (non-hydrogen) atoms. The van der Waals surface area contributed by atoms with E-state index in [9.17, 15) is 9.90 Å². The number of piperidine rings is 1. The molecular formula is C18H24N4O2. The largest absolute Gasteiger partial charge is 0.393 e. The number of benzene rings is 1. The summed E-state index contributed by atoms with van der Waals surface area (Å²) in [7, 11) is 0. The summed E-state index contributed by atoms with van der Waals surface area (Å²) in [6.07, 6.45) is 3.16. The molecule has 0 spiro atoms. The second-order valence-corrected chi connectivity index (χ2v) is 6.43. The molecule has 6 nitrogen and oxygen atoms in total. The van der Waals surface area contributed by atoms with Crippen molar-refractivity contribution in [3.63, 3.8) is 0 Å². The molecule has 128 valence electrons. The number of likely N-dealkylation sites (tertiary alicyclic amines) is 1. The van der Waals surface area contributed by atoms with Crippen molar-refractivity contribution < 1.29 is 9.90 Å². The zero-order valence-corrected chi connectivity index (χ0v) is 14.1. The average molecular weight is 328 g/mol. The topological polar surface area (TPSA) is 70.4 Å². The second-order valence-electron chi connectivity index (χ2n) is 6.43. The summed E-state index contributed by atoms with van der Waals surface area (Å²) in [5.74, 6) is 0.791. The molecular weight excluding hydrogens is 304 g/mol. The van der Waals surface area contributed by atoms with Gasteiger partial charge in [0.25, 0.3) is 0 Å². The number of nitrogens with one attached hydrogen (secondary N) is 1. The number of carbonyl (C=O) groups excluding carboxylic acids is 1. The first-order valence-corrected chi connectivity index (χ1v) is 8.40. The lowest BCUT2D eigenvalue weighted by Crippen LogP contribution is -2.45. The standard InChI is InChI=1S/C18H24N4O2/c1-13-6-3-4-8-16(13)22-17(9-10-19-22)20-18(24)21-11-5-7-15(12-21)14(2)23/h3-4,6,8-10,14-15,23H,5,7,11-12H2,1-2H3,(H,20,24). The van der Waals surface area contributed by atoms with Crippen LogP contribution in [-0.4, -0.2) is 45.0 Å². The highest BCUT2D eigenvalue weighted by Gasteiger charge is 2.27. The van der Waals surface area contributed by atoms with Crippen LogP contribution < -0.4 is 5.32 Å². The molecule has 6 heteroatoms. The van der Waals surface area contributed by atoms with Crippen LogP contribution in [-0.2, 0) is 0 Å². The SMILES string of the molecule is Cc1ccccc1-n1nccc1NC(=O)N1CCCC(C(C)O)C1. The van der Waals surface area contributed by atoms with Gasteiger partial charge in [-0.05, 0) is 38.3 Å². The molecule has 3 rings (SSSR count). The fraction of sp³-hybridized carbons (Fsp3) is 0.444. The predicted molar refractivity (Wildman–Crippen MR) is 93.3 cm³/mol. The number of carbonyl (C=O) groups is 1. The van der Waals surface area contributed by atoms with Gasteiger partial charge in [0, 0.05) is 25.1 Å². The second kappa shape index (κ2) is 7.05. The van der Waals surface area contributed by atoms with Crippen molar-refractivity contribution in [3.05, 3.63) is 42.1 Å². The molecule has 1 aromatic heterocycles. The van der Waals surface area contributed by atoms with E-state index in [0.29, 0.717) is 18.9 Å². The Morgan fingerprint density at radius 2 is 2.17 bits per heavy atom. The van der Waals surface area contributed by atoms with Crippen LogP contribution in [0.15, 0.2) is 36.5 Å².